The van der Waals surface area contributed by atoms with E-state index in [2.05, 4.69) is 15.2 Å². The van der Waals surface area contributed by atoms with E-state index in [0.29, 0.717) is 5.16 Å². The minimum Gasteiger partial charge on any atom is -0.369 e. The number of amides is 1. The zero-order valence-corrected chi connectivity index (χ0v) is 10.8. The summed E-state index contributed by atoms with van der Waals surface area (Å²) < 4.78 is 0. The maximum Gasteiger partial charge on any atom is 0.230 e. The van der Waals surface area contributed by atoms with Gasteiger partial charge >= 0.3 is 0 Å². The molecule has 3 N–H and O–H groups in total. The number of aromatic amines is 1. The quantitative estimate of drug-likeness (QED) is 0.780. The minimum absolute atomic E-state index is 0.287. The Morgan fingerprint density at radius 3 is 2.94 bits per heavy atom. The van der Waals surface area contributed by atoms with Crippen molar-refractivity contribution in [1.82, 2.24) is 15.2 Å². The second kappa shape index (κ2) is 5.53. The van der Waals surface area contributed by atoms with Gasteiger partial charge in [0.15, 0.2) is 0 Å². The summed E-state index contributed by atoms with van der Waals surface area (Å²) in [7, 11) is 0. The third kappa shape index (κ3) is 3.46. The molecule has 5 nitrogen and oxygen atoms in total. The summed E-state index contributed by atoms with van der Waals surface area (Å²) in [6, 6.07) is 0. The van der Waals surface area contributed by atoms with Crippen molar-refractivity contribution in [3.05, 3.63) is 5.82 Å². The normalized spacial score (nSPS) is 18.4. The highest BCUT2D eigenvalue weighted by molar-refractivity contribution is 8.00. The molecule has 1 saturated carbocycles. The van der Waals surface area contributed by atoms with E-state index in [1.165, 1.54) is 37.4 Å². The number of thioether (sulfide) groups is 1. The molecule has 1 aromatic heterocycles. The van der Waals surface area contributed by atoms with Gasteiger partial charge in [0.2, 0.25) is 11.1 Å². The molecule has 0 aromatic carbocycles. The number of hydrogen-bond donors (Lipinski definition) is 2. The van der Waals surface area contributed by atoms with E-state index in [1.54, 1.807) is 6.92 Å². The summed E-state index contributed by atoms with van der Waals surface area (Å²) >= 11 is 1.30. The monoisotopic (exact) mass is 254 g/mol. The van der Waals surface area contributed by atoms with Gasteiger partial charge in [0.05, 0.1) is 5.25 Å². The smallest absolute Gasteiger partial charge is 0.230 e. The average Bonchev–Trinajstić information content (AvgIpc) is 2.91. The first kappa shape index (κ1) is 12.4. The van der Waals surface area contributed by atoms with E-state index in [1.807, 2.05) is 0 Å². The highest BCUT2D eigenvalue weighted by Gasteiger charge is 2.18. The van der Waals surface area contributed by atoms with E-state index in [4.69, 9.17) is 5.73 Å². The molecule has 1 fully saturated rings. The van der Waals surface area contributed by atoms with Crippen molar-refractivity contribution in [1.29, 1.82) is 0 Å². The number of nitrogens with two attached hydrogens (primary N) is 1. The van der Waals surface area contributed by atoms with Crippen molar-refractivity contribution >= 4 is 17.7 Å². The highest BCUT2D eigenvalue weighted by Crippen LogP contribution is 2.27. The number of carbonyl (C=O) groups excluding carboxylic acids is 1. The molecule has 0 spiro atoms. The molecule has 1 aliphatic carbocycles. The molecule has 0 bridgehead atoms. The van der Waals surface area contributed by atoms with Gasteiger partial charge in [-0.05, 0) is 12.8 Å². The number of aromatic nitrogens is 3. The summed E-state index contributed by atoms with van der Waals surface area (Å²) in [4.78, 5) is 15.3. The number of nitrogens with zero attached hydrogens (tertiary/aromatic N) is 2. The van der Waals surface area contributed by atoms with Gasteiger partial charge in [0.1, 0.15) is 5.82 Å². The van der Waals surface area contributed by atoms with Crippen LogP contribution in [0.25, 0.3) is 0 Å². The number of hydrogen-bond acceptors (Lipinski definition) is 4. The SMILES string of the molecule is CC(Sc1n[nH]c(CC2CCCC2)n1)C(N)=O. The fourth-order valence-corrected chi connectivity index (χ4v) is 2.82. The Balaban J connectivity index is 1.88. The maximum absolute atomic E-state index is 10.9. The third-order valence-corrected chi connectivity index (χ3v) is 4.13. The van der Waals surface area contributed by atoms with Crippen LogP contribution in [0, 0.1) is 5.92 Å². The average molecular weight is 254 g/mol. The van der Waals surface area contributed by atoms with Crippen molar-refractivity contribution in [2.75, 3.05) is 0 Å². The molecule has 0 aliphatic heterocycles. The van der Waals surface area contributed by atoms with E-state index in [-0.39, 0.29) is 11.2 Å². The van der Waals surface area contributed by atoms with Gasteiger partial charge in [0, 0.05) is 6.42 Å². The lowest BCUT2D eigenvalue weighted by atomic mass is 10.0. The molecule has 17 heavy (non-hydrogen) atoms. The van der Waals surface area contributed by atoms with Gasteiger partial charge in [-0.15, -0.1) is 5.10 Å². The van der Waals surface area contributed by atoms with E-state index < -0.39 is 0 Å². The van der Waals surface area contributed by atoms with Crippen LogP contribution in [0.5, 0.6) is 0 Å². The molecule has 1 aliphatic rings. The highest BCUT2D eigenvalue weighted by atomic mass is 32.2. The Bertz CT molecular complexity index is 387. The summed E-state index contributed by atoms with van der Waals surface area (Å²) in [5.41, 5.74) is 5.20. The van der Waals surface area contributed by atoms with E-state index >= 15 is 0 Å². The van der Waals surface area contributed by atoms with Crippen LogP contribution in [-0.4, -0.2) is 26.3 Å². The van der Waals surface area contributed by atoms with E-state index in [9.17, 15) is 4.79 Å². The number of H-pyrrole nitrogens is 1. The predicted octanol–water partition coefficient (Wildman–Crippen LogP) is 1.50. The molecule has 94 valence electrons. The first-order valence-corrected chi connectivity index (χ1v) is 6.90. The van der Waals surface area contributed by atoms with Crippen molar-refractivity contribution in [3.8, 4) is 0 Å². The molecule has 2 rings (SSSR count). The molecule has 1 unspecified atom stereocenters. The van der Waals surface area contributed by atoms with Gasteiger partial charge in [0.25, 0.3) is 0 Å². The van der Waals surface area contributed by atoms with Crippen LogP contribution in [0.15, 0.2) is 5.16 Å². The summed E-state index contributed by atoms with van der Waals surface area (Å²) in [6.45, 7) is 1.76. The largest absolute Gasteiger partial charge is 0.369 e. The Labute approximate surface area is 105 Å². The standard InChI is InChI=1S/C11H18N4OS/c1-7(10(12)16)17-11-13-9(14-15-11)6-8-4-2-3-5-8/h7-8H,2-6H2,1H3,(H2,12,16)(H,13,14,15). The van der Waals surface area contributed by atoms with Gasteiger partial charge in [-0.25, -0.2) is 4.98 Å². The summed E-state index contributed by atoms with van der Waals surface area (Å²) in [5.74, 6) is 1.34. The minimum atomic E-state index is -0.336. The third-order valence-electron chi connectivity index (χ3n) is 3.15. The first-order valence-electron chi connectivity index (χ1n) is 6.02. The molecule has 0 radical (unpaired) electrons. The van der Waals surface area contributed by atoms with E-state index in [0.717, 1.165) is 18.2 Å². The summed E-state index contributed by atoms with van der Waals surface area (Å²) in [6.07, 6.45) is 6.22. The lowest BCUT2D eigenvalue weighted by Crippen LogP contribution is -2.22. The van der Waals surface area contributed by atoms with Crippen LogP contribution in [0.1, 0.15) is 38.4 Å². The van der Waals surface area contributed by atoms with Crippen molar-refractivity contribution in [3.63, 3.8) is 0 Å². The first-order chi connectivity index (χ1) is 8.15. The number of primary amides is 1. The number of nitrogens with one attached hydrogen (secondary N) is 1. The lowest BCUT2D eigenvalue weighted by molar-refractivity contribution is -0.117. The second-order valence-electron chi connectivity index (χ2n) is 4.58. The predicted molar refractivity (Wildman–Crippen MR) is 66.6 cm³/mol. The van der Waals surface area contributed by atoms with Gasteiger partial charge in [-0.3, -0.25) is 9.89 Å². The van der Waals surface area contributed by atoms with Crippen LogP contribution in [0.3, 0.4) is 0 Å². The van der Waals surface area contributed by atoms with Gasteiger partial charge < -0.3 is 5.73 Å². The fourth-order valence-electron chi connectivity index (χ4n) is 2.13. The molecule has 1 amide bonds. The summed E-state index contributed by atoms with van der Waals surface area (Å²) in [5, 5.41) is 7.37. The van der Waals surface area contributed by atoms with Crippen molar-refractivity contribution in [2.24, 2.45) is 11.7 Å². The zero-order valence-electron chi connectivity index (χ0n) is 9.98. The van der Waals surface area contributed by atoms with Crippen molar-refractivity contribution < 1.29 is 4.79 Å². The Hall–Kier alpha value is -1.04. The zero-order chi connectivity index (χ0) is 12.3. The lowest BCUT2D eigenvalue weighted by Gasteiger charge is -2.04. The molecule has 1 aromatic rings. The van der Waals surface area contributed by atoms with Crippen LogP contribution in [0.2, 0.25) is 0 Å². The van der Waals surface area contributed by atoms with Crippen LogP contribution in [-0.2, 0) is 11.2 Å². The van der Waals surface area contributed by atoms with Crippen LogP contribution < -0.4 is 5.73 Å². The molecule has 1 heterocycles. The van der Waals surface area contributed by atoms with Crippen LogP contribution >= 0.6 is 11.8 Å². The van der Waals surface area contributed by atoms with Crippen LogP contribution in [0.4, 0.5) is 0 Å². The second-order valence-corrected chi connectivity index (χ2v) is 5.89. The Morgan fingerprint density at radius 1 is 1.59 bits per heavy atom. The molecular formula is C11H18N4OS. The maximum atomic E-state index is 10.9. The molecule has 1 atom stereocenters. The molecular weight excluding hydrogens is 236 g/mol. The van der Waals surface area contributed by atoms with Gasteiger partial charge in [-0.1, -0.05) is 37.4 Å². The Morgan fingerprint density at radius 2 is 2.29 bits per heavy atom. The fraction of sp³-hybridized carbons (Fsp3) is 0.727. The topological polar surface area (TPSA) is 84.7 Å². The number of rotatable bonds is 5. The molecule has 0 saturated heterocycles. The Kier molecular flexibility index (Phi) is 4.04. The van der Waals surface area contributed by atoms with Gasteiger partial charge in [-0.2, -0.15) is 0 Å². The van der Waals surface area contributed by atoms with Crippen molar-refractivity contribution in [2.45, 2.75) is 49.4 Å². The molecule has 6 heteroatoms. The number of carbonyl (C=O) groups is 1.